The van der Waals surface area contributed by atoms with Gasteiger partial charge in [-0.1, -0.05) is 78.4 Å². The first-order valence-electron chi connectivity index (χ1n) is 9.34. The molecule has 1 aliphatic rings. The maximum Gasteiger partial charge on any atom is 0.245 e. The van der Waals surface area contributed by atoms with Crippen LogP contribution in [0.5, 0.6) is 0 Å². The van der Waals surface area contributed by atoms with Gasteiger partial charge in [-0.25, -0.2) is 8.42 Å². The number of ether oxygens (including phenoxy) is 1. The summed E-state index contributed by atoms with van der Waals surface area (Å²) in [6.45, 7) is 0.572. The molecule has 1 saturated heterocycles. The van der Waals surface area contributed by atoms with Crippen molar-refractivity contribution in [3.8, 4) is 0 Å². The molecular formula is C22H21NO3S. The summed E-state index contributed by atoms with van der Waals surface area (Å²) in [6, 6.07) is 24.9. The fraction of sp³-hybridized carbons (Fsp3) is 0.182. The van der Waals surface area contributed by atoms with Gasteiger partial charge in [0.15, 0.2) is 0 Å². The average Bonchev–Trinajstić information content (AvgIpc) is 3.07. The Bertz CT molecular complexity index is 1040. The Morgan fingerprint density at radius 2 is 1.44 bits per heavy atom. The maximum absolute atomic E-state index is 13.4. The van der Waals surface area contributed by atoms with Crippen LogP contribution in [0.25, 0.3) is 0 Å². The first-order chi connectivity index (χ1) is 13.5. The predicted molar refractivity (Wildman–Crippen MR) is 105 cm³/mol. The molecule has 1 fully saturated rings. The lowest BCUT2D eigenvalue weighted by Gasteiger charge is -2.26. The van der Waals surface area contributed by atoms with Crippen molar-refractivity contribution >= 4 is 10.0 Å². The molecule has 0 spiro atoms. The second-order valence-corrected chi connectivity index (χ2v) is 8.42. The summed E-state index contributed by atoms with van der Waals surface area (Å²) >= 11 is 0. The van der Waals surface area contributed by atoms with E-state index in [2.05, 4.69) is 0 Å². The SMILES string of the molecule is [2H][C@H]1O[C@H](c2ccccc2)[C@H](c2ccccc2)N1S(=O)(=O)c1ccc(C)cc1. The minimum absolute atomic E-state index is 0.161. The van der Waals surface area contributed by atoms with E-state index in [4.69, 9.17) is 6.11 Å². The molecule has 27 heavy (non-hydrogen) atoms. The maximum atomic E-state index is 13.4. The summed E-state index contributed by atoms with van der Waals surface area (Å²) in [5, 5.41) is 0. The zero-order valence-corrected chi connectivity index (χ0v) is 15.7. The topological polar surface area (TPSA) is 46.6 Å². The van der Waals surface area contributed by atoms with Crippen molar-refractivity contribution in [1.82, 2.24) is 4.31 Å². The van der Waals surface area contributed by atoms with Gasteiger partial charge in [-0.05, 0) is 30.2 Å². The molecule has 0 aromatic heterocycles. The monoisotopic (exact) mass is 380 g/mol. The van der Waals surface area contributed by atoms with Gasteiger partial charge in [0, 0.05) is 0 Å². The Kier molecular flexibility index (Phi) is 4.49. The van der Waals surface area contributed by atoms with E-state index >= 15 is 0 Å². The van der Waals surface area contributed by atoms with Crippen molar-refractivity contribution in [1.29, 1.82) is 0 Å². The molecule has 3 atom stereocenters. The third-order valence-electron chi connectivity index (χ3n) is 4.74. The van der Waals surface area contributed by atoms with Crippen LogP contribution in [-0.2, 0) is 14.8 Å². The van der Waals surface area contributed by atoms with E-state index < -0.39 is 28.9 Å². The first-order valence-corrected chi connectivity index (χ1v) is 10.2. The normalized spacial score (nSPS) is 23.9. The highest BCUT2D eigenvalue weighted by Gasteiger charge is 2.44. The molecule has 138 valence electrons. The number of sulfonamides is 1. The number of nitrogens with zero attached hydrogens (tertiary/aromatic N) is 1. The molecule has 1 heterocycles. The quantitative estimate of drug-likeness (QED) is 0.671. The van der Waals surface area contributed by atoms with E-state index in [-0.39, 0.29) is 4.90 Å². The van der Waals surface area contributed by atoms with Crippen LogP contribution >= 0.6 is 0 Å². The molecule has 0 N–H and O–H groups in total. The lowest BCUT2D eigenvalue weighted by atomic mass is 9.97. The molecule has 0 saturated carbocycles. The summed E-state index contributed by atoms with van der Waals surface area (Å²) in [5.74, 6) is 0. The average molecular weight is 380 g/mol. The second-order valence-electron chi connectivity index (χ2n) is 6.58. The van der Waals surface area contributed by atoms with Crippen LogP contribution < -0.4 is 0 Å². The minimum Gasteiger partial charge on any atom is -0.355 e. The smallest absolute Gasteiger partial charge is 0.245 e. The molecule has 3 aromatic rings. The van der Waals surface area contributed by atoms with E-state index in [9.17, 15) is 8.42 Å². The van der Waals surface area contributed by atoms with Gasteiger partial charge in [-0.3, -0.25) is 0 Å². The van der Waals surface area contributed by atoms with Gasteiger partial charge < -0.3 is 4.74 Å². The van der Waals surface area contributed by atoms with Crippen molar-refractivity contribution in [2.24, 2.45) is 0 Å². The fourth-order valence-electron chi connectivity index (χ4n) is 3.31. The van der Waals surface area contributed by atoms with E-state index in [1.165, 1.54) is 4.31 Å². The number of benzene rings is 3. The number of aryl methyl sites for hydroxylation is 1. The molecule has 0 bridgehead atoms. The summed E-state index contributed by atoms with van der Waals surface area (Å²) in [7, 11) is -3.92. The zero-order chi connectivity index (χ0) is 19.7. The fourth-order valence-corrected chi connectivity index (χ4v) is 4.73. The molecule has 3 aromatic carbocycles. The Morgan fingerprint density at radius 3 is 2.04 bits per heavy atom. The van der Waals surface area contributed by atoms with E-state index in [1.807, 2.05) is 67.6 Å². The van der Waals surface area contributed by atoms with Crippen LogP contribution in [-0.4, -0.2) is 19.4 Å². The molecule has 0 amide bonds. The van der Waals surface area contributed by atoms with Crippen molar-refractivity contribution in [2.75, 3.05) is 6.71 Å². The van der Waals surface area contributed by atoms with Crippen molar-refractivity contribution in [3.63, 3.8) is 0 Å². The van der Waals surface area contributed by atoms with Gasteiger partial charge in [0.2, 0.25) is 10.0 Å². The largest absolute Gasteiger partial charge is 0.355 e. The van der Waals surface area contributed by atoms with Gasteiger partial charge >= 0.3 is 0 Å². The highest BCUT2D eigenvalue weighted by molar-refractivity contribution is 7.89. The van der Waals surface area contributed by atoms with Crippen LogP contribution in [0.1, 0.15) is 30.2 Å². The molecule has 0 unspecified atom stereocenters. The van der Waals surface area contributed by atoms with E-state index in [0.717, 1.165) is 16.7 Å². The predicted octanol–water partition coefficient (Wildman–Crippen LogP) is 4.46. The highest BCUT2D eigenvalue weighted by atomic mass is 32.2. The summed E-state index contributed by atoms with van der Waals surface area (Å²) in [6.07, 6.45) is -0.564. The summed E-state index contributed by atoms with van der Waals surface area (Å²) in [4.78, 5) is 0.161. The lowest BCUT2D eigenvalue weighted by molar-refractivity contribution is 0.0978. The molecule has 1 aliphatic heterocycles. The van der Waals surface area contributed by atoms with Gasteiger partial charge in [0.25, 0.3) is 0 Å². The first kappa shape index (κ1) is 16.7. The highest BCUT2D eigenvalue weighted by Crippen LogP contribution is 2.44. The van der Waals surface area contributed by atoms with Gasteiger partial charge in [-0.2, -0.15) is 4.31 Å². The number of hydrogen-bond donors (Lipinski definition) is 0. The summed E-state index contributed by atoms with van der Waals surface area (Å²) < 4.78 is 42.3. The Balaban J connectivity index is 1.84. The second kappa shape index (κ2) is 7.27. The molecule has 0 aliphatic carbocycles. The minimum atomic E-state index is -3.92. The lowest BCUT2D eigenvalue weighted by Crippen LogP contribution is -2.32. The van der Waals surface area contributed by atoms with Crippen LogP contribution in [0.15, 0.2) is 89.8 Å². The third-order valence-corrected chi connectivity index (χ3v) is 6.47. The van der Waals surface area contributed by atoms with Crippen molar-refractivity contribution < 1.29 is 14.5 Å². The van der Waals surface area contributed by atoms with Crippen molar-refractivity contribution in [3.05, 3.63) is 102 Å². The van der Waals surface area contributed by atoms with Crippen molar-refractivity contribution in [2.45, 2.75) is 24.0 Å². The van der Waals surface area contributed by atoms with Crippen LogP contribution in [0.2, 0.25) is 0 Å². The Morgan fingerprint density at radius 1 is 0.889 bits per heavy atom. The molecule has 4 nitrogen and oxygen atoms in total. The van der Waals surface area contributed by atoms with Gasteiger partial charge in [0.05, 0.1) is 12.3 Å². The van der Waals surface area contributed by atoms with E-state index in [0.29, 0.717) is 0 Å². The molecule has 5 heteroatoms. The van der Waals surface area contributed by atoms with E-state index in [1.54, 1.807) is 24.3 Å². The number of hydrogen-bond acceptors (Lipinski definition) is 3. The Labute approximate surface area is 161 Å². The standard InChI is InChI=1S/C22H21NO3S/c1-17-12-14-20(15-13-17)27(24,25)23-16-26-22(19-10-6-3-7-11-19)21(23)18-8-4-2-5-9-18/h2-15,21-22H,16H2,1H3/t21-,22+/m0/s1/i16D/t16-,21+,22-/m1. The summed E-state index contributed by atoms with van der Waals surface area (Å²) in [5.41, 5.74) is 2.61. The van der Waals surface area contributed by atoms with Crippen LogP contribution in [0.4, 0.5) is 0 Å². The third kappa shape index (κ3) is 3.41. The van der Waals surface area contributed by atoms with Gasteiger partial charge in [-0.15, -0.1) is 0 Å². The number of rotatable bonds is 4. The molecule has 0 radical (unpaired) electrons. The molecular weight excluding hydrogens is 358 g/mol. The van der Waals surface area contributed by atoms with Gasteiger partial charge in [0.1, 0.15) is 12.8 Å². The molecule has 4 rings (SSSR count). The van der Waals surface area contributed by atoms with Crippen LogP contribution in [0.3, 0.4) is 0 Å². The van der Waals surface area contributed by atoms with Crippen LogP contribution in [0, 0.1) is 6.92 Å². The zero-order valence-electron chi connectivity index (χ0n) is 15.9. The Hall–Kier alpha value is -2.47.